The molecule has 0 saturated heterocycles. The molecule has 0 aliphatic rings. The molecule has 0 N–H and O–H groups in total. The molecule has 22 valence electrons. The minimum atomic E-state index is -0.222. The standard InChI is InChI=1S/CH2F.ClH.Mg/c1-2;;/h1H2;1H;/q;;+1/p-1. The van der Waals surface area contributed by atoms with Crippen LogP contribution in [0.15, 0.2) is 0 Å². The predicted octanol–water partition coefficient (Wildman–Crippen LogP) is -2.91. The topological polar surface area (TPSA) is 0 Å². The van der Waals surface area contributed by atoms with E-state index < -0.39 is 0 Å². The fourth-order valence-electron chi connectivity index (χ4n) is 0. The summed E-state index contributed by atoms with van der Waals surface area (Å²) in [5.74, 6) is 0. The van der Waals surface area contributed by atoms with Gasteiger partial charge in [-0.25, -0.2) is 0 Å². The molecule has 0 spiro atoms. The number of rotatable bonds is 0. The van der Waals surface area contributed by atoms with Crippen LogP contribution in [0, 0.1) is 0 Å². The first-order valence-electron chi connectivity index (χ1n) is 0.767. The third kappa shape index (κ3) is 12.1. The molecule has 0 unspecified atom stereocenters. The normalized spacial score (nSPS) is 4.75. The summed E-state index contributed by atoms with van der Waals surface area (Å²) in [5, 5.41) is 0. The maximum Gasteiger partial charge on any atom is -1.00 e. The monoisotopic (exact) mass is 92.0 g/mol. The summed E-state index contributed by atoms with van der Waals surface area (Å²) in [4.78, 5) is -0.222. The van der Waals surface area contributed by atoms with Crippen LogP contribution in [0.25, 0.3) is 0 Å². The molecule has 0 nitrogen and oxygen atoms in total. The first-order valence-corrected chi connectivity index (χ1v) is 1.77. The van der Waals surface area contributed by atoms with Crippen molar-refractivity contribution >= 4 is 21.7 Å². The van der Waals surface area contributed by atoms with Crippen molar-refractivity contribution in [1.82, 2.24) is 0 Å². The van der Waals surface area contributed by atoms with Crippen molar-refractivity contribution < 1.29 is 16.8 Å². The van der Waals surface area contributed by atoms with Crippen molar-refractivity contribution in [2.75, 3.05) is 4.80 Å². The van der Waals surface area contributed by atoms with Crippen molar-refractivity contribution in [2.45, 2.75) is 0 Å². The molecular weight excluding hydrogens is 90.8 g/mol. The van der Waals surface area contributed by atoms with Crippen LogP contribution in [0.5, 0.6) is 0 Å². The molecule has 0 aliphatic heterocycles. The summed E-state index contributed by atoms with van der Waals surface area (Å²) in [6.07, 6.45) is 0. The van der Waals surface area contributed by atoms with Crippen LogP contribution in [0.3, 0.4) is 0 Å². The molecule has 4 heavy (non-hydrogen) atoms. The van der Waals surface area contributed by atoms with Crippen LogP contribution < -0.4 is 12.4 Å². The largest absolute Gasteiger partial charge is 1.00 e. The Morgan fingerprint density at radius 3 is 1.75 bits per heavy atom. The zero-order valence-corrected chi connectivity index (χ0v) is 4.34. The average molecular weight is 92.8 g/mol. The third-order valence-corrected chi connectivity index (χ3v) is 0. The van der Waals surface area contributed by atoms with E-state index in [9.17, 15) is 4.39 Å². The van der Waals surface area contributed by atoms with Gasteiger partial charge in [0.25, 0.3) is 0 Å². The van der Waals surface area contributed by atoms with E-state index in [2.05, 4.69) is 0 Å². The quantitative estimate of drug-likeness (QED) is 0.281. The molecule has 0 heterocycles. The van der Waals surface area contributed by atoms with E-state index >= 15 is 0 Å². The van der Waals surface area contributed by atoms with E-state index in [-0.39, 0.29) is 17.2 Å². The van der Waals surface area contributed by atoms with Gasteiger partial charge in [-0.2, -0.15) is 0 Å². The third-order valence-electron chi connectivity index (χ3n) is 0. The summed E-state index contributed by atoms with van der Waals surface area (Å²) in [6.45, 7) is 0. The molecule has 0 saturated carbocycles. The van der Waals surface area contributed by atoms with E-state index in [1.54, 1.807) is 0 Å². The fraction of sp³-hybridized carbons (Fsp3) is 1.00. The zero-order chi connectivity index (χ0) is 2.71. The SMILES string of the molecule is F[CH2][Mg+].[Cl-]. The van der Waals surface area contributed by atoms with Crippen LogP contribution >= 0.6 is 0 Å². The Kier molecular flexibility index (Phi) is 20.0. The van der Waals surface area contributed by atoms with Gasteiger partial charge in [0.15, 0.2) is 0 Å². The number of halogens is 2. The predicted molar refractivity (Wildman–Crippen MR) is 11.7 cm³/mol. The second-order valence-electron chi connectivity index (χ2n) is 0.189. The molecule has 0 aromatic rings. The van der Waals surface area contributed by atoms with Gasteiger partial charge in [0.1, 0.15) is 0 Å². The summed E-state index contributed by atoms with van der Waals surface area (Å²) in [7, 11) is 0. The Balaban J connectivity index is 0. The van der Waals surface area contributed by atoms with Crippen LogP contribution in [-0.4, -0.2) is 26.5 Å². The molecule has 0 rings (SSSR count). The van der Waals surface area contributed by atoms with Crippen LogP contribution in [0.4, 0.5) is 4.39 Å². The Morgan fingerprint density at radius 2 is 1.75 bits per heavy atom. The Labute approximate surface area is 43.6 Å². The smallest absolute Gasteiger partial charge is 1.00 e. The van der Waals surface area contributed by atoms with Gasteiger partial charge >= 0.3 is 30.9 Å². The molecule has 0 amide bonds. The average Bonchev–Trinajstić information content (AvgIpc) is 0.918. The van der Waals surface area contributed by atoms with Gasteiger partial charge in [-0.3, -0.25) is 0 Å². The van der Waals surface area contributed by atoms with Crippen molar-refractivity contribution in [2.24, 2.45) is 0 Å². The van der Waals surface area contributed by atoms with E-state index in [1.807, 2.05) is 0 Å². The van der Waals surface area contributed by atoms with E-state index in [1.165, 1.54) is 21.7 Å². The fourth-order valence-corrected chi connectivity index (χ4v) is 0. The summed E-state index contributed by atoms with van der Waals surface area (Å²) < 4.78 is 10.3. The first kappa shape index (κ1) is 8.88. The van der Waals surface area contributed by atoms with E-state index in [0.717, 1.165) is 0 Å². The Hall–Kier alpha value is 0.986. The van der Waals surface area contributed by atoms with E-state index in [4.69, 9.17) is 0 Å². The summed E-state index contributed by atoms with van der Waals surface area (Å²) in [6, 6.07) is 0. The first-order chi connectivity index (χ1) is 1.41. The second kappa shape index (κ2) is 9.01. The molecule has 0 aromatic heterocycles. The Morgan fingerprint density at radius 1 is 1.75 bits per heavy atom. The van der Waals surface area contributed by atoms with Crippen molar-refractivity contribution in [3.05, 3.63) is 0 Å². The van der Waals surface area contributed by atoms with Crippen molar-refractivity contribution in [1.29, 1.82) is 0 Å². The molecule has 0 bridgehead atoms. The van der Waals surface area contributed by atoms with Crippen molar-refractivity contribution in [3.8, 4) is 0 Å². The van der Waals surface area contributed by atoms with Gasteiger partial charge in [0.05, 0.1) is 0 Å². The van der Waals surface area contributed by atoms with Gasteiger partial charge in [0.2, 0.25) is 0 Å². The van der Waals surface area contributed by atoms with E-state index in [0.29, 0.717) is 0 Å². The van der Waals surface area contributed by atoms with Crippen LogP contribution in [-0.2, 0) is 0 Å². The molecular formula is CH2ClFMg. The maximum atomic E-state index is 10.3. The second-order valence-corrected chi connectivity index (χ2v) is 0.567. The molecule has 3 heteroatoms. The molecule has 0 aromatic carbocycles. The minimum Gasteiger partial charge on any atom is -1.00 e. The minimum absolute atomic E-state index is 0. The van der Waals surface area contributed by atoms with Gasteiger partial charge < -0.3 is 12.4 Å². The Bertz CT molecular complexity index is 8.00. The van der Waals surface area contributed by atoms with Crippen LogP contribution in [0.1, 0.15) is 0 Å². The van der Waals surface area contributed by atoms with Crippen LogP contribution in [0.2, 0.25) is 0 Å². The van der Waals surface area contributed by atoms with Gasteiger partial charge in [-0.1, -0.05) is 0 Å². The molecule has 0 radical (unpaired) electrons. The zero-order valence-electron chi connectivity index (χ0n) is 2.17. The number of alkyl halides is 1. The van der Waals surface area contributed by atoms with Crippen molar-refractivity contribution in [3.63, 3.8) is 0 Å². The number of hydrogen-bond acceptors (Lipinski definition) is 0. The summed E-state index contributed by atoms with van der Waals surface area (Å²) >= 11 is 1.31. The molecule has 0 fully saturated rings. The van der Waals surface area contributed by atoms with Gasteiger partial charge in [-0.05, 0) is 0 Å². The molecule has 0 atom stereocenters. The summed E-state index contributed by atoms with van der Waals surface area (Å²) in [5.41, 5.74) is 0. The number of hydrogen-bond donors (Lipinski definition) is 0. The van der Waals surface area contributed by atoms with Gasteiger partial charge in [-0.15, -0.1) is 0 Å². The van der Waals surface area contributed by atoms with Gasteiger partial charge in [0, 0.05) is 0 Å². The maximum absolute atomic E-state index is 10.3. The molecule has 0 aliphatic carbocycles.